The van der Waals surface area contributed by atoms with Crippen molar-refractivity contribution in [3.8, 4) is 0 Å². The number of unbranched alkanes of at least 4 members (excludes halogenated alkanes) is 37. The molecular formula is C78H135NO3. The summed E-state index contributed by atoms with van der Waals surface area (Å²) < 4.78 is 0. The molecule has 0 saturated heterocycles. The monoisotopic (exact) mass is 1130 g/mol. The van der Waals surface area contributed by atoms with Crippen molar-refractivity contribution in [2.45, 2.75) is 347 Å². The van der Waals surface area contributed by atoms with Gasteiger partial charge in [-0.05, 0) is 109 Å². The number of hydrogen-bond donors (Lipinski definition) is 3. The number of allylic oxidation sites excluding steroid dienone is 21. The molecule has 4 heteroatoms. The van der Waals surface area contributed by atoms with Crippen molar-refractivity contribution in [3.05, 3.63) is 134 Å². The van der Waals surface area contributed by atoms with Crippen molar-refractivity contribution in [1.29, 1.82) is 0 Å². The molecule has 0 aromatic carbocycles. The molecule has 0 heterocycles. The minimum Gasteiger partial charge on any atom is -0.394 e. The normalized spacial score (nSPS) is 13.6. The maximum atomic E-state index is 12.5. The average Bonchev–Trinajstić information content (AvgIpc) is 3.50. The molecule has 3 N–H and O–H groups in total. The van der Waals surface area contributed by atoms with Gasteiger partial charge >= 0.3 is 0 Å². The predicted octanol–water partition coefficient (Wildman–Crippen LogP) is 24.5. The molecule has 470 valence electrons. The van der Waals surface area contributed by atoms with E-state index in [0.717, 1.165) is 89.9 Å². The van der Waals surface area contributed by atoms with E-state index in [1.165, 1.54) is 225 Å². The Kier molecular flexibility index (Phi) is 68.8. The molecule has 0 spiro atoms. The van der Waals surface area contributed by atoms with E-state index in [2.05, 4.69) is 141 Å². The van der Waals surface area contributed by atoms with Gasteiger partial charge in [0.15, 0.2) is 0 Å². The molecule has 0 bridgehead atoms. The smallest absolute Gasteiger partial charge is 0.220 e. The predicted molar refractivity (Wildman–Crippen MR) is 368 cm³/mol. The number of aliphatic hydroxyl groups is 2. The van der Waals surface area contributed by atoms with E-state index in [0.29, 0.717) is 6.42 Å². The van der Waals surface area contributed by atoms with Crippen LogP contribution in [0.15, 0.2) is 134 Å². The summed E-state index contributed by atoms with van der Waals surface area (Å²) in [6, 6.07) is -0.654. The quantitative estimate of drug-likeness (QED) is 0.0420. The summed E-state index contributed by atoms with van der Waals surface area (Å²) >= 11 is 0. The van der Waals surface area contributed by atoms with E-state index < -0.39 is 12.1 Å². The van der Waals surface area contributed by atoms with Gasteiger partial charge in [0, 0.05) is 6.42 Å². The maximum Gasteiger partial charge on any atom is 0.220 e. The molecule has 1 amide bonds. The number of aliphatic hydroxyl groups excluding tert-OH is 2. The van der Waals surface area contributed by atoms with Crippen molar-refractivity contribution < 1.29 is 15.0 Å². The van der Waals surface area contributed by atoms with Crippen LogP contribution >= 0.6 is 0 Å². The van der Waals surface area contributed by atoms with Crippen LogP contribution in [-0.2, 0) is 4.79 Å². The first-order valence-electron chi connectivity index (χ1n) is 35.4. The zero-order valence-corrected chi connectivity index (χ0v) is 54.2. The third-order valence-corrected chi connectivity index (χ3v) is 15.6. The van der Waals surface area contributed by atoms with Gasteiger partial charge in [0.05, 0.1) is 18.8 Å². The molecule has 0 saturated carbocycles. The highest BCUT2D eigenvalue weighted by molar-refractivity contribution is 5.76. The van der Waals surface area contributed by atoms with Crippen molar-refractivity contribution in [3.63, 3.8) is 0 Å². The Hall–Kier alpha value is -3.47. The molecule has 0 aliphatic heterocycles. The van der Waals surface area contributed by atoms with Crippen molar-refractivity contribution in [2.24, 2.45) is 0 Å². The molecule has 0 aliphatic carbocycles. The molecule has 82 heavy (non-hydrogen) atoms. The van der Waals surface area contributed by atoms with Gasteiger partial charge in [-0.3, -0.25) is 4.79 Å². The van der Waals surface area contributed by atoms with Crippen LogP contribution < -0.4 is 5.32 Å². The highest BCUT2D eigenvalue weighted by atomic mass is 16.3. The summed E-state index contributed by atoms with van der Waals surface area (Å²) in [5.74, 6) is -0.0785. The largest absolute Gasteiger partial charge is 0.394 e. The van der Waals surface area contributed by atoms with Gasteiger partial charge in [-0.1, -0.05) is 353 Å². The summed E-state index contributed by atoms with van der Waals surface area (Å²) in [7, 11) is 0. The number of carbonyl (C=O) groups excluding carboxylic acids is 1. The molecule has 0 radical (unpaired) electrons. The standard InChI is InChI=1S/C78H135NO3/c1-3-5-7-9-11-13-15-17-19-21-23-25-27-29-31-33-34-35-36-37-38-39-40-41-42-43-44-46-48-50-52-54-56-58-60-62-64-66-68-70-72-74-78(82)79-76(75-80)77(81)73-71-69-67-65-63-61-59-57-55-53-51-49-47-45-32-30-28-26-24-22-20-18-16-14-12-10-8-6-4-2/h5,7,11,13,17,19,23,25,29,31,34-35,37-38,40-41,55,57,63,65,71,73,76-77,80-81H,3-4,6,8-10,12,14-16,18,20-22,24,26-28,30,32-33,36,39,42-54,56,58-62,64,66-70,72,74-75H2,1-2H3,(H,79,82)/b7-5-,13-11-,19-17-,25-23-,31-29-,35-34-,38-37-,41-40-,57-55+,65-63+,73-71+. The van der Waals surface area contributed by atoms with Crippen LogP contribution in [0, 0.1) is 0 Å². The molecule has 2 atom stereocenters. The molecule has 0 fully saturated rings. The van der Waals surface area contributed by atoms with Gasteiger partial charge in [0.1, 0.15) is 0 Å². The number of hydrogen-bond acceptors (Lipinski definition) is 3. The van der Waals surface area contributed by atoms with Gasteiger partial charge in [-0.25, -0.2) is 0 Å². The molecular weight excluding hydrogens is 999 g/mol. The van der Waals surface area contributed by atoms with E-state index in [1.54, 1.807) is 6.08 Å². The van der Waals surface area contributed by atoms with E-state index >= 15 is 0 Å². The Labute approximate surface area is 511 Å². The SMILES string of the molecule is CC/C=C\C/C=C\C/C=C\C/C=C\C/C=C\C/C=C\C/C=C\C/C=C\CCCCCCCCCCCCCCCCCCC(=O)NC(CO)C(O)/C=C/CC/C=C/CC/C=C/CCCCCCCCCCCCCCCCCCCCC. The first-order valence-corrected chi connectivity index (χ1v) is 35.4. The minimum atomic E-state index is -0.879. The highest BCUT2D eigenvalue weighted by Crippen LogP contribution is 2.17. The fraction of sp³-hybridized carbons (Fsp3) is 0.705. The summed E-state index contributed by atoms with van der Waals surface area (Å²) in [5.41, 5.74) is 0. The second-order valence-corrected chi connectivity index (χ2v) is 23.6. The summed E-state index contributed by atoms with van der Waals surface area (Å²) in [6.07, 6.45) is 111. The molecule has 0 aromatic rings. The molecule has 0 rings (SSSR count). The van der Waals surface area contributed by atoms with Gasteiger partial charge in [-0.15, -0.1) is 0 Å². The number of amides is 1. The van der Waals surface area contributed by atoms with Gasteiger partial charge in [0.25, 0.3) is 0 Å². The van der Waals surface area contributed by atoms with Crippen LogP contribution in [0.3, 0.4) is 0 Å². The topological polar surface area (TPSA) is 69.6 Å². The fourth-order valence-corrected chi connectivity index (χ4v) is 10.3. The van der Waals surface area contributed by atoms with Crippen molar-refractivity contribution in [1.82, 2.24) is 5.32 Å². The molecule has 4 nitrogen and oxygen atoms in total. The van der Waals surface area contributed by atoms with E-state index in [4.69, 9.17) is 0 Å². The van der Waals surface area contributed by atoms with E-state index in [9.17, 15) is 15.0 Å². The Morgan fingerprint density at radius 3 is 0.854 bits per heavy atom. The van der Waals surface area contributed by atoms with Crippen LogP contribution in [0.1, 0.15) is 335 Å². The second kappa shape index (κ2) is 71.8. The Balaban J connectivity index is 3.55. The van der Waals surface area contributed by atoms with E-state index in [1.807, 2.05) is 6.08 Å². The summed E-state index contributed by atoms with van der Waals surface area (Å²) in [4.78, 5) is 12.5. The highest BCUT2D eigenvalue weighted by Gasteiger charge is 2.18. The summed E-state index contributed by atoms with van der Waals surface area (Å²) in [5, 5.41) is 23.3. The summed E-state index contributed by atoms with van der Waals surface area (Å²) in [6.45, 7) is 4.20. The van der Waals surface area contributed by atoms with Crippen molar-refractivity contribution >= 4 is 5.91 Å². The maximum absolute atomic E-state index is 12.5. The molecule has 0 aromatic heterocycles. The number of carbonyl (C=O) groups is 1. The second-order valence-electron chi connectivity index (χ2n) is 23.6. The minimum absolute atomic E-state index is 0.0785. The third kappa shape index (κ3) is 67.3. The van der Waals surface area contributed by atoms with Crippen molar-refractivity contribution in [2.75, 3.05) is 6.61 Å². The van der Waals surface area contributed by atoms with Crippen LogP contribution in [0.2, 0.25) is 0 Å². The van der Waals surface area contributed by atoms with Crippen LogP contribution in [0.25, 0.3) is 0 Å². The molecule has 0 aliphatic rings. The lowest BCUT2D eigenvalue weighted by atomic mass is 10.0. The Bertz CT molecular complexity index is 1620. The first-order chi connectivity index (χ1) is 40.7. The van der Waals surface area contributed by atoms with Crippen LogP contribution in [-0.4, -0.2) is 34.9 Å². The third-order valence-electron chi connectivity index (χ3n) is 15.6. The zero-order valence-electron chi connectivity index (χ0n) is 54.2. The van der Waals surface area contributed by atoms with Crippen LogP contribution in [0.5, 0.6) is 0 Å². The van der Waals surface area contributed by atoms with Crippen LogP contribution in [0.4, 0.5) is 0 Å². The molecule has 2 unspecified atom stereocenters. The lowest BCUT2D eigenvalue weighted by molar-refractivity contribution is -0.123. The number of rotatable bonds is 64. The lowest BCUT2D eigenvalue weighted by Crippen LogP contribution is -2.45. The average molecular weight is 1130 g/mol. The first kappa shape index (κ1) is 78.5. The number of nitrogens with one attached hydrogen (secondary N) is 1. The Morgan fingerprint density at radius 2 is 0.549 bits per heavy atom. The van der Waals surface area contributed by atoms with Gasteiger partial charge < -0.3 is 15.5 Å². The van der Waals surface area contributed by atoms with Gasteiger partial charge in [-0.2, -0.15) is 0 Å². The lowest BCUT2D eigenvalue weighted by Gasteiger charge is -2.19. The fourth-order valence-electron chi connectivity index (χ4n) is 10.3. The zero-order chi connectivity index (χ0) is 59.1. The van der Waals surface area contributed by atoms with E-state index in [-0.39, 0.29) is 12.5 Å². The van der Waals surface area contributed by atoms with Gasteiger partial charge in [0.2, 0.25) is 5.91 Å². The Morgan fingerprint density at radius 1 is 0.305 bits per heavy atom.